The van der Waals surface area contributed by atoms with Crippen LogP contribution in [-0.4, -0.2) is 12.0 Å². The molecule has 0 aromatic carbocycles. The van der Waals surface area contributed by atoms with Gasteiger partial charge in [0, 0.05) is 17.4 Å². The number of pyridine rings is 1. The van der Waals surface area contributed by atoms with Crippen LogP contribution in [0.15, 0.2) is 24.3 Å². The number of hydrogen-bond donors (Lipinski definition) is 1. The molecular weight excluding hydrogens is 196 g/mol. The lowest BCUT2D eigenvalue weighted by Crippen LogP contribution is -2.18. The third kappa shape index (κ3) is 3.46. The summed E-state index contributed by atoms with van der Waals surface area (Å²) >= 11 is 0. The Labute approximate surface area is 98.8 Å². The fraction of sp³-hybridized carbons (Fsp3) is 0.500. The minimum Gasteiger partial charge on any atom is -0.313 e. The maximum Gasteiger partial charge on any atom is 0.0423 e. The van der Waals surface area contributed by atoms with Crippen LogP contribution in [0.2, 0.25) is 0 Å². The third-order valence-electron chi connectivity index (χ3n) is 2.85. The number of nitrogens with one attached hydrogen (secondary N) is 1. The summed E-state index contributed by atoms with van der Waals surface area (Å²) in [4.78, 5) is 4.51. The minimum atomic E-state index is 0.379. The highest BCUT2D eigenvalue weighted by molar-refractivity contribution is 5.25. The molecule has 16 heavy (non-hydrogen) atoms. The van der Waals surface area contributed by atoms with Crippen molar-refractivity contribution in [2.24, 2.45) is 0 Å². The van der Waals surface area contributed by atoms with Gasteiger partial charge in [-0.2, -0.15) is 0 Å². The first-order chi connectivity index (χ1) is 7.54. The normalized spacial score (nSPS) is 12.5. The molecule has 0 radical (unpaired) electrons. The van der Waals surface area contributed by atoms with E-state index in [-0.39, 0.29) is 0 Å². The molecule has 1 aromatic rings. The molecule has 1 atom stereocenters. The lowest BCUT2D eigenvalue weighted by atomic mass is 9.99. The van der Waals surface area contributed by atoms with Gasteiger partial charge in [0.1, 0.15) is 0 Å². The van der Waals surface area contributed by atoms with Crippen LogP contribution in [0.25, 0.3) is 0 Å². The van der Waals surface area contributed by atoms with E-state index in [4.69, 9.17) is 0 Å². The van der Waals surface area contributed by atoms with Crippen molar-refractivity contribution in [2.45, 2.75) is 39.7 Å². The molecule has 1 heterocycles. The van der Waals surface area contributed by atoms with Gasteiger partial charge < -0.3 is 5.32 Å². The van der Waals surface area contributed by atoms with Gasteiger partial charge in [0.25, 0.3) is 0 Å². The standard InChI is InChI=1S/C14H22N2/c1-10(2)6-9-14(15-5)13-8-7-11(3)16-12(13)4/h7-8,14-15H,1,6,9H2,2-5H3. The number of nitrogens with zero attached hydrogens (tertiary/aromatic N) is 1. The van der Waals surface area contributed by atoms with E-state index in [0.29, 0.717) is 6.04 Å². The first-order valence-corrected chi connectivity index (χ1v) is 5.80. The second kappa shape index (κ2) is 5.80. The van der Waals surface area contributed by atoms with E-state index in [1.54, 1.807) is 0 Å². The smallest absolute Gasteiger partial charge is 0.0423 e. The van der Waals surface area contributed by atoms with E-state index >= 15 is 0 Å². The summed E-state index contributed by atoms with van der Waals surface area (Å²) in [7, 11) is 2.00. The second-order valence-corrected chi connectivity index (χ2v) is 4.46. The zero-order valence-corrected chi connectivity index (χ0v) is 10.8. The molecule has 0 saturated heterocycles. The summed E-state index contributed by atoms with van der Waals surface area (Å²) in [6.07, 6.45) is 2.14. The summed E-state index contributed by atoms with van der Waals surface area (Å²) in [5.41, 5.74) is 4.74. The van der Waals surface area contributed by atoms with E-state index < -0.39 is 0 Å². The number of allylic oxidation sites excluding steroid dienone is 1. The summed E-state index contributed by atoms with van der Waals surface area (Å²) in [6, 6.07) is 4.63. The van der Waals surface area contributed by atoms with Crippen LogP contribution < -0.4 is 5.32 Å². The molecule has 2 heteroatoms. The highest BCUT2D eigenvalue weighted by Gasteiger charge is 2.12. The second-order valence-electron chi connectivity index (χ2n) is 4.46. The first kappa shape index (κ1) is 12.9. The number of aryl methyl sites for hydroxylation is 2. The largest absolute Gasteiger partial charge is 0.313 e. The van der Waals surface area contributed by atoms with Crippen LogP contribution in [-0.2, 0) is 0 Å². The van der Waals surface area contributed by atoms with Crippen molar-refractivity contribution < 1.29 is 0 Å². The molecule has 0 aliphatic heterocycles. The molecule has 0 fully saturated rings. The number of rotatable bonds is 5. The van der Waals surface area contributed by atoms with Crippen molar-refractivity contribution in [2.75, 3.05) is 7.05 Å². The lowest BCUT2D eigenvalue weighted by Gasteiger charge is -2.18. The fourth-order valence-corrected chi connectivity index (χ4v) is 1.91. The van der Waals surface area contributed by atoms with Gasteiger partial charge >= 0.3 is 0 Å². The average Bonchev–Trinajstić information content (AvgIpc) is 2.21. The van der Waals surface area contributed by atoms with Gasteiger partial charge in [0.2, 0.25) is 0 Å². The van der Waals surface area contributed by atoms with Crippen molar-refractivity contribution in [3.63, 3.8) is 0 Å². The molecule has 0 aliphatic carbocycles. The van der Waals surface area contributed by atoms with Crippen molar-refractivity contribution in [3.05, 3.63) is 41.2 Å². The van der Waals surface area contributed by atoms with Gasteiger partial charge in [0.05, 0.1) is 0 Å². The molecule has 0 aliphatic rings. The lowest BCUT2D eigenvalue weighted by molar-refractivity contribution is 0.543. The Morgan fingerprint density at radius 1 is 1.44 bits per heavy atom. The van der Waals surface area contributed by atoms with Crippen LogP contribution in [0.1, 0.15) is 42.8 Å². The van der Waals surface area contributed by atoms with E-state index in [1.165, 1.54) is 11.1 Å². The fourth-order valence-electron chi connectivity index (χ4n) is 1.91. The highest BCUT2D eigenvalue weighted by Crippen LogP contribution is 2.22. The number of aromatic nitrogens is 1. The minimum absolute atomic E-state index is 0.379. The Hall–Kier alpha value is -1.15. The average molecular weight is 218 g/mol. The molecule has 0 amide bonds. The molecule has 1 rings (SSSR count). The molecule has 1 N–H and O–H groups in total. The molecule has 2 nitrogen and oxygen atoms in total. The topological polar surface area (TPSA) is 24.9 Å². The molecule has 0 saturated carbocycles. The van der Waals surface area contributed by atoms with Gasteiger partial charge in [0.15, 0.2) is 0 Å². The molecule has 0 bridgehead atoms. The summed E-state index contributed by atoms with van der Waals surface area (Å²) < 4.78 is 0. The molecule has 1 unspecified atom stereocenters. The maximum absolute atomic E-state index is 4.51. The van der Waals surface area contributed by atoms with Crippen molar-refractivity contribution in [3.8, 4) is 0 Å². The summed E-state index contributed by atoms with van der Waals surface area (Å²) in [6.45, 7) is 10.1. The summed E-state index contributed by atoms with van der Waals surface area (Å²) in [5, 5.41) is 3.35. The van der Waals surface area contributed by atoms with E-state index in [9.17, 15) is 0 Å². The molecular formula is C14H22N2. The Balaban J connectivity index is 2.82. The van der Waals surface area contributed by atoms with Crippen molar-refractivity contribution in [1.82, 2.24) is 10.3 Å². The van der Waals surface area contributed by atoms with Crippen LogP contribution in [0.4, 0.5) is 0 Å². The molecule has 0 spiro atoms. The van der Waals surface area contributed by atoms with Gasteiger partial charge in [-0.1, -0.05) is 11.6 Å². The Morgan fingerprint density at radius 2 is 2.12 bits per heavy atom. The van der Waals surface area contributed by atoms with Crippen molar-refractivity contribution >= 4 is 0 Å². The van der Waals surface area contributed by atoms with E-state index in [0.717, 1.165) is 24.2 Å². The monoisotopic (exact) mass is 218 g/mol. The van der Waals surface area contributed by atoms with Gasteiger partial charge in [-0.25, -0.2) is 0 Å². The van der Waals surface area contributed by atoms with Gasteiger partial charge in [-0.15, -0.1) is 6.58 Å². The van der Waals surface area contributed by atoms with Crippen LogP contribution in [0, 0.1) is 13.8 Å². The van der Waals surface area contributed by atoms with Crippen LogP contribution >= 0.6 is 0 Å². The molecule has 1 aromatic heterocycles. The maximum atomic E-state index is 4.51. The SMILES string of the molecule is C=C(C)CCC(NC)c1ccc(C)nc1C. The predicted octanol–water partition coefficient (Wildman–Crippen LogP) is 3.32. The first-order valence-electron chi connectivity index (χ1n) is 5.80. The van der Waals surface area contributed by atoms with E-state index in [1.807, 2.05) is 14.0 Å². The van der Waals surface area contributed by atoms with Gasteiger partial charge in [-0.05, 0) is 52.3 Å². The van der Waals surface area contributed by atoms with Crippen LogP contribution in [0.5, 0.6) is 0 Å². The third-order valence-corrected chi connectivity index (χ3v) is 2.85. The predicted molar refractivity (Wildman–Crippen MR) is 69.6 cm³/mol. The highest BCUT2D eigenvalue weighted by atomic mass is 14.9. The molecule has 88 valence electrons. The number of hydrogen-bond acceptors (Lipinski definition) is 2. The summed E-state index contributed by atoms with van der Waals surface area (Å²) in [5.74, 6) is 0. The Kier molecular flexibility index (Phi) is 4.69. The Bertz CT molecular complexity index is 369. The Morgan fingerprint density at radius 3 is 2.62 bits per heavy atom. The zero-order chi connectivity index (χ0) is 12.1. The van der Waals surface area contributed by atoms with Crippen LogP contribution in [0.3, 0.4) is 0 Å². The van der Waals surface area contributed by atoms with Crippen molar-refractivity contribution in [1.29, 1.82) is 0 Å². The zero-order valence-electron chi connectivity index (χ0n) is 10.8. The van der Waals surface area contributed by atoms with E-state index in [2.05, 4.69) is 42.9 Å². The van der Waals surface area contributed by atoms with Gasteiger partial charge in [-0.3, -0.25) is 4.98 Å². The quantitative estimate of drug-likeness (QED) is 0.767.